The first kappa shape index (κ1) is 16.2. The number of nitrogens with one attached hydrogen (secondary N) is 1. The molecular weight excluding hydrogens is 310 g/mol. The van der Waals surface area contributed by atoms with Crippen LogP contribution in [-0.4, -0.2) is 26.0 Å². The number of carboxylic acids is 1. The molecule has 0 aromatic carbocycles. The van der Waals surface area contributed by atoms with Crippen molar-refractivity contribution in [2.24, 2.45) is 0 Å². The van der Waals surface area contributed by atoms with Gasteiger partial charge in [0.05, 0.1) is 4.90 Å². The number of aromatic carboxylic acids is 1. The number of hydrogen-bond acceptors (Lipinski definition) is 4. The number of rotatable bonds is 6. The van der Waals surface area contributed by atoms with Crippen molar-refractivity contribution in [1.29, 1.82) is 0 Å². The fourth-order valence-electron chi connectivity index (χ4n) is 2.39. The summed E-state index contributed by atoms with van der Waals surface area (Å²) in [6, 6.07) is 1.23. The van der Waals surface area contributed by atoms with E-state index in [0.717, 1.165) is 24.2 Å². The van der Waals surface area contributed by atoms with E-state index >= 15 is 0 Å². The molecule has 0 atom stereocenters. The summed E-state index contributed by atoms with van der Waals surface area (Å²) in [7, 11) is -3.63. The van der Waals surface area contributed by atoms with Crippen molar-refractivity contribution in [3.05, 3.63) is 27.5 Å². The van der Waals surface area contributed by atoms with Crippen LogP contribution < -0.4 is 4.72 Å². The standard InChI is InChI=1S/C14H19NO4S2/c1-10-13(9-12(20-10)14(16)17)21(18,19)15-8-7-11-5-3-2-4-6-11/h5,9,15H,2-4,6-8H2,1H3,(H,16,17). The predicted octanol–water partition coefficient (Wildman–Crippen LogP) is 2.92. The minimum Gasteiger partial charge on any atom is -0.477 e. The molecule has 0 spiro atoms. The van der Waals surface area contributed by atoms with Gasteiger partial charge in [-0.3, -0.25) is 0 Å². The van der Waals surface area contributed by atoms with E-state index in [1.54, 1.807) is 6.92 Å². The molecule has 2 N–H and O–H groups in total. The highest BCUT2D eigenvalue weighted by atomic mass is 32.2. The topological polar surface area (TPSA) is 83.5 Å². The zero-order valence-corrected chi connectivity index (χ0v) is 13.5. The number of thiophene rings is 1. The average molecular weight is 329 g/mol. The Kier molecular flexibility index (Phi) is 5.18. The lowest BCUT2D eigenvalue weighted by Gasteiger charge is -2.13. The average Bonchev–Trinajstić information content (AvgIpc) is 2.83. The third-order valence-corrected chi connectivity index (χ3v) is 6.25. The van der Waals surface area contributed by atoms with Crippen LogP contribution in [0.2, 0.25) is 0 Å². The van der Waals surface area contributed by atoms with E-state index in [9.17, 15) is 13.2 Å². The summed E-state index contributed by atoms with van der Waals surface area (Å²) in [6.07, 6.45) is 7.41. The van der Waals surface area contributed by atoms with Gasteiger partial charge in [-0.1, -0.05) is 11.6 Å². The number of carboxylic acid groups (broad SMARTS) is 1. The van der Waals surface area contributed by atoms with Crippen LogP contribution in [0.4, 0.5) is 0 Å². The SMILES string of the molecule is Cc1sc(C(=O)O)cc1S(=O)(=O)NCCC1=CCCCC1. The van der Waals surface area contributed by atoms with Crippen molar-refractivity contribution in [3.63, 3.8) is 0 Å². The summed E-state index contributed by atoms with van der Waals surface area (Å²) in [5.41, 5.74) is 1.30. The van der Waals surface area contributed by atoms with Gasteiger partial charge in [0.2, 0.25) is 10.0 Å². The molecule has 1 aliphatic carbocycles. The maximum atomic E-state index is 12.2. The van der Waals surface area contributed by atoms with Crippen LogP contribution >= 0.6 is 11.3 Å². The van der Waals surface area contributed by atoms with E-state index in [0.29, 0.717) is 17.8 Å². The van der Waals surface area contributed by atoms with Gasteiger partial charge in [-0.15, -0.1) is 11.3 Å². The normalized spacial score (nSPS) is 15.8. The maximum absolute atomic E-state index is 12.2. The van der Waals surface area contributed by atoms with Gasteiger partial charge in [0.25, 0.3) is 0 Å². The van der Waals surface area contributed by atoms with Crippen molar-refractivity contribution in [3.8, 4) is 0 Å². The number of carbonyl (C=O) groups is 1. The zero-order chi connectivity index (χ0) is 15.5. The van der Waals surface area contributed by atoms with Crippen LogP contribution in [0.3, 0.4) is 0 Å². The van der Waals surface area contributed by atoms with Gasteiger partial charge in [0.15, 0.2) is 0 Å². The lowest BCUT2D eigenvalue weighted by Crippen LogP contribution is -2.25. The van der Waals surface area contributed by atoms with Gasteiger partial charge < -0.3 is 5.11 Å². The largest absolute Gasteiger partial charge is 0.477 e. The highest BCUT2D eigenvalue weighted by molar-refractivity contribution is 7.89. The summed E-state index contributed by atoms with van der Waals surface area (Å²) in [5.74, 6) is -1.10. The lowest BCUT2D eigenvalue weighted by molar-refractivity contribution is 0.0702. The number of allylic oxidation sites excluding steroid dienone is 1. The minimum atomic E-state index is -3.63. The molecule has 0 bridgehead atoms. The van der Waals surface area contributed by atoms with Crippen molar-refractivity contribution in [2.45, 2.75) is 43.9 Å². The Morgan fingerprint density at radius 2 is 2.19 bits per heavy atom. The Balaban J connectivity index is 2.01. The van der Waals surface area contributed by atoms with Crippen LogP contribution in [0, 0.1) is 6.92 Å². The summed E-state index contributed by atoms with van der Waals surface area (Å²) in [4.78, 5) is 11.5. The third-order valence-electron chi connectivity index (χ3n) is 3.50. The molecule has 21 heavy (non-hydrogen) atoms. The van der Waals surface area contributed by atoms with Crippen LogP contribution in [0.1, 0.15) is 46.7 Å². The molecule has 0 unspecified atom stereocenters. The minimum absolute atomic E-state index is 0.0443. The molecule has 0 radical (unpaired) electrons. The van der Waals surface area contributed by atoms with E-state index in [2.05, 4.69) is 10.8 Å². The molecule has 7 heteroatoms. The number of hydrogen-bond donors (Lipinski definition) is 2. The van der Waals surface area contributed by atoms with E-state index in [1.165, 1.54) is 24.5 Å². The van der Waals surface area contributed by atoms with Crippen LogP contribution in [0.5, 0.6) is 0 Å². The second kappa shape index (κ2) is 6.72. The van der Waals surface area contributed by atoms with Gasteiger partial charge in [0, 0.05) is 11.4 Å². The monoisotopic (exact) mass is 329 g/mol. The highest BCUT2D eigenvalue weighted by Gasteiger charge is 2.21. The van der Waals surface area contributed by atoms with Gasteiger partial charge in [-0.2, -0.15) is 0 Å². The summed E-state index contributed by atoms with van der Waals surface area (Å²) in [6.45, 7) is 1.97. The van der Waals surface area contributed by atoms with Crippen molar-refractivity contribution in [2.75, 3.05) is 6.54 Å². The number of sulfonamides is 1. The fraction of sp³-hybridized carbons (Fsp3) is 0.500. The molecule has 5 nitrogen and oxygen atoms in total. The van der Waals surface area contributed by atoms with Gasteiger partial charge in [-0.05, 0) is 45.1 Å². The maximum Gasteiger partial charge on any atom is 0.345 e. The highest BCUT2D eigenvalue weighted by Crippen LogP contribution is 2.26. The molecule has 1 aliphatic rings. The summed E-state index contributed by atoms with van der Waals surface area (Å²) < 4.78 is 27.0. The van der Waals surface area contributed by atoms with Gasteiger partial charge in [-0.25, -0.2) is 17.9 Å². The second-order valence-electron chi connectivity index (χ2n) is 5.09. The van der Waals surface area contributed by atoms with Crippen molar-refractivity contribution in [1.82, 2.24) is 4.72 Å². The first-order valence-electron chi connectivity index (χ1n) is 6.91. The van der Waals surface area contributed by atoms with Crippen molar-refractivity contribution < 1.29 is 18.3 Å². The molecule has 0 fully saturated rings. The van der Waals surface area contributed by atoms with Crippen molar-refractivity contribution >= 4 is 27.3 Å². The van der Waals surface area contributed by atoms with Crippen LogP contribution in [-0.2, 0) is 10.0 Å². The predicted molar refractivity (Wildman–Crippen MR) is 82.4 cm³/mol. The Bertz CT molecular complexity index is 659. The van der Waals surface area contributed by atoms with E-state index in [4.69, 9.17) is 5.11 Å². The van der Waals surface area contributed by atoms with E-state index in [-0.39, 0.29) is 9.77 Å². The Hall–Kier alpha value is -1.18. The Morgan fingerprint density at radius 3 is 2.76 bits per heavy atom. The molecule has 0 amide bonds. The van der Waals surface area contributed by atoms with Crippen LogP contribution in [0.25, 0.3) is 0 Å². The second-order valence-corrected chi connectivity index (χ2v) is 8.08. The lowest BCUT2D eigenvalue weighted by atomic mass is 9.97. The van der Waals surface area contributed by atoms with Gasteiger partial charge in [0.1, 0.15) is 4.88 Å². The molecular formula is C14H19NO4S2. The smallest absolute Gasteiger partial charge is 0.345 e. The Morgan fingerprint density at radius 1 is 1.43 bits per heavy atom. The summed E-state index contributed by atoms with van der Waals surface area (Å²) >= 11 is 0.981. The quantitative estimate of drug-likeness (QED) is 0.786. The number of aryl methyl sites for hydroxylation is 1. The first-order chi connectivity index (χ1) is 9.90. The van der Waals surface area contributed by atoms with Crippen LogP contribution in [0.15, 0.2) is 22.6 Å². The molecule has 0 aliphatic heterocycles. The molecule has 1 aromatic heterocycles. The fourth-order valence-corrected chi connectivity index (χ4v) is 4.85. The molecule has 0 saturated carbocycles. The van der Waals surface area contributed by atoms with Gasteiger partial charge >= 0.3 is 5.97 Å². The first-order valence-corrected chi connectivity index (χ1v) is 9.21. The zero-order valence-electron chi connectivity index (χ0n) is 11.9. The van der Waals surface area contributed by atoms with E-state index in [1.807, 2.05) is 0 Å². The molecule has 1 aromatic rings. The Labute approximate surface area is 128 Å². The molecule has 116 valence electrons. The molecule has 1 heterocycles. The molecule has 0 saturated heterocycles. The summed E-state index contributed by atoms with van der Waals surface area (Å²) in [5, 5.41) is 8.92. The van der Waals surface area contributed by atoms with E-state index < -0.39 is 16.0 Å². The third kappa shape index (κ3) is 4.15. The molecule has 2 rings (SSSR count).